The zero-order valence-electron chi connectivity index (χ0n) is 15.1. The summed E-state index contributed by atoms with van der Waals surface area (Å²) >= 11 is 0. The summed E-state index contributed by atoms with van der Waals surface area (Å²) in [6.07, 6.45) is 0.0829. The zero-order chi connectivity index (χ0) is 19.8. The minimum Gasteiger partial charge on any atom is -0.467 e. The van der Waals surface area contributed by atoms with Crippen LogP contribution in [-0.2, 0) is 24.3 Å². The third-order valence-electron chi connectivity index (χ3n) is 4.97. The second-order valence-electron chi connectivity index (χ2n) is 6.57. The largest absolute Gasteiger partial charge is 0.467 e. The maximum absolute atomic E-state index is 13.5. The third-order valence-corrected chi connectivity index (χ3v) is 7.01. The van der Waals surface area contributed by atoms with Crippen molar-refractivity contribution in [1.29, 1.82) is 0 Å². The quantitative estimate of drug-likeness (QED) is 0.707. The van der Waals surface area contributed by atoms with Crippen molar-refractivity contribution in [2.24, 2.45) is 0 Å². The van der Waals surface area contributed by atoms with Crippen molar-refractivity contribution in [2.75, 3.05) is 26.8 Å². The second kappa shape index (κ2) is 7.43. The molecule has 0 aliphatic carbocycles. The fourth-order valence-electron chi connectivity index (χ4n) is 3.51. The molecule has 1 aromatic rings. The average Bonchev–Trinajstić information content (AvgIpc) is 3.04. The summed E-state index contributed by atoms with van der Waals surface area (Å²) in [4.78, 5) is 25.1. The number of methoxy groups -OCH3 is 1. The average molecular weight is 400 g/mol. The van der Waals surface area contributed by atoms with Crippen LogP contribution in [0.3, 0.4) is 0 Å². The van der Waals surface area contributed by atoms with Crippen LogP contribution in [0.5, 0.6) is 0 Å². The molecule has 2 heterocycles. The van der Waals surface area contributed by atoms with E-state index in [2.05, 4.69) is 0 Å². The number of amides is 1. The maximum atomic E-state index is 13.5. The Hall–Kier alpha value is -2.20. The molecular weight excluding hydrogens is 379 g/mol. The Bertz CT molecular complexity index is 851. The van der Waals surface area contributed by atoms with Crippen LogP contribution in [0.4, 0.5) is 9.18 Å². The van der Waals surface area contributed by atoms with Gasteiger partial charge < -0.3 is 9.47 Å². The van der Waals surface area contributed by atoms with Crippen LogP contribution < -0.4 is 0 Å². The van der Waals surface area contributed by atoms with Gasteiger partial charge in [-0.05, 0) is 37.5 Å². The van der Waals surface area contributed by atoms with E-state index >= 15 is 0 Å². The van der Waals surface area contributed by atoms with Gasteiger partial charge in [0.2, 0.25) is 10.0 Å². The monoisotopic (exact) mass is 400 g/mol. The molecule has 0 spiro atoms. The number of piperidine rings is 1. The minimum atomic E-state index is -3.84. The first kappa shape index (κ1) is 19.6. The van der Waals surface area contributed by atoms with Crippen molar-refractivity contribution in [3.05, 3.63) is 29.6 Å². The van der Waals surface area contributed by atoms with Crippen molar-refractivity contribution < 1.29 is 31.9 Å². The topological polar surface area (TPSA) is 93.2 Å². The van der Waals surface area contributed by atoms with E-state index in [1.54, 1.807) is 6.92 Å². The van der Waals surface area contributed by atoms with E-state index in [4.69, 9.17) is 9.47 Å². The number of carbonyl (C=O) groups is 2. The maximum Gasteiger partial charge on any atom is 0.410 e. The van der Waals surface area contributed by atoms with E-state index in [0.29, 0.717) is 18.4 Å². The van der Waals surface area contributed by atoms with Gasteiger partial charge in [-0.25, -0.2) is 22.4 Å². The van der Waals surface area contributed by atoms with Crippen molar-refractivity contribution in [3.8, 4) is 0 Å². The lowest BCUT2D eigenvalue weighted by molar-refractivity contribution is -0.145. The summed E-state index contributed by atoms with van der Waals surface area (Å²) in [6.45, 7) is 1.84. The number of hydrogen-bond acceptors (Lipinski definition) is 6. The van der Waals surface area contributed by atoms with Crippen LogP contribution in [0.15, 0.2) is 23.1 Å². The lowest BCUT2D eigenvalue weighted by Crippen LogP contribution is -2.51. The summed E-state index contributed by atoms with van der Waals surface area (Å²) in [5.74, 6) is -1.18. The highest BCUT2D eigenvalue weighted by Crippen LogP contribution is 2.28. The number of rotatable bonds is 4. The SMILES string of the molecule is COC(=O)C1COC(=O)N1C1CCN(S(=O)(=O)c2cc(F)ccc2C)CC1. The molecule has 1 amide bonds. The van der Waals surface area contributed by atoms with Gasteiger partial charge in [-0.2, -0.15) is 4.31 Å². The molecule has 0 N–H and O–H groups in total. The molecule has 3 rings (SSSR count). The van der Waals surface area contributed by atoms with Crippen molar-refractivity contribution in [3.63, 3.8) is 0 Å². The fourth-order valence-corrected chi connectivity index (χ4v) is 5.21. The van der Waals surface area contributed by atoms with Gasteiger partial charge in [-0.15, -0.1) is 0 Å². The molecule has 2 aliphatic heterocycles. The van der Waals surface area contributed by atoms with Gasteiger partial charge in [-0.1, -0.05) is 6.07 Å². The van der Waals surface area contributed by atoms with Crippen LogP contribution in [0, 0.1) is 12.7 Å². The van der Waals surface area contributed by atoms with Gasteiger partial charge in [0.25, 0.3) is 0 Å². The van der Waals surface area contributed by atoms with Gasteiger partial charge in [0.1, 0.15) is 12.4 Å². The third kappa shape index (κ3) is 3.63. The summed E-state index contributed by atoms with van der Waals surface area (Å²) in [7, 11) is -2.61. The van der Waals surface area contributed by atoms with Gasteiger partial charge in [0.15, 0.2) is 6.04 Å². The smallest absolute Gasteiger partial charge is 0.410 e. The molecule has 148 valence electrons. The van der Waals surface area contributed by atoms with Crippen LogP contribution in [-0.4, -0.2) is 68.6 Å². The van der Waals surface area contributed by atoms with E-state index in [-0.39, 0.29) is 30.6 Å². The molecule has 27 heavy (non-hydrogen) atoms. The molecule has 1 atom stereocenters. The fraction of sp³-hybridized carbons (Fsp3) is 0.529. The van der Waals surface area contributed by atoms with Crippen LogP contribution in [0.25, 0.3) is 0 Å². The number of halogens is 1. The van der Waals surface area contributed by atoms with Gasteiger partial charge in [0, 0.05) is 19.1 Å². The molecule has 8 nitrogen and oxygen atoms in total. The number of nitrogens with zero attached hydrogens (tertiary/aromatic N) is 2. The number of esters is 1. The number of sulfonamides is 1. The Morgan fingerprint density at radius 2 is 1.96 bits per heavy atom. The highest BCUT2D eigenvalue weighted by Gasteiger charge is 2.44. The predicted molar refractivity (Wildman–Crippen MR) is 91.9 cm³/mol. The molecule has 2 aliphatic rings. The van der Waals surface area contributed by atoms with Crippen molar-refractivity contribution >= 4 is 22.1 Å². The molecule has 0 bridgehead atoms. The molecule has 2 saturated heterocycles. The molecule has 10 heteroatoms. The van der Waals surface area contributed by atoms with E-state index in [9.17, 15) is 22.4 Å². The van der Waals surface area contributed by atoms with E-state index < -0.39 is 33.9 Å². The Morgan fingerprint density at radius 1 is 1.30 bits per heavy atom. The first-order valence-corrected chi connectivity index (χ1v) is 9.99. The van der Waals surface area contributed by atoms with Crippen molar-refractivity contribution in [2.45, 2.75) is 36.7 Å². The Morgan fingerprint density at radius 3 is 2.59 bits per heavy atom. The Kier molecular flexibility index (Phi) is 5.38. The summed E-state index contributed by atoms with van der Waals surface area (Å²) in [5.41, 5.74) is 0.465. The molecule has 0 radical (unpaired) electrons. The van der Waals surface area contributed by atoms with Crippen LogP contribution >= 0.6 is 0 Å². The number of aryl methyl sites for hydroxylation is 1. The summed E-state index contributed by atoms with van der Waals surface area (Å²) in [6, 6.07) is 2.51. The molecule has 2 fully saturated rings. The first-order chi connectivity index (χ1) is 12.8. The zero-order valence-corrected chi connectivity index (χ0v) is 15.9. The Labute approximate surface area is 156 Å². The predicted octanol–water partition coefficient (Wildman–Crippen LogP) is 1.28. The van der Waals surface area contributed by atoms with Crippen LogP contribution in [0.1, 0.15) is 18.4 Å². The molecule has 1 aromatic carbocycles. The Balaban J connectivity index is 1.74. The van der Waals surface area contributed by atoms with E-state index in [1.807, 2.05) is 0 Å². The highest BCUT2D eigenvalue weighted by atomic mass is 32.2. The lowest BCUT2D eigenvalue weighted by atomic mass is 10.0. The number of ether oxygens (including phenoxy) is 2. The summed E-state index contributed by atoms with van der Waals surface area (Å²) < 4.78 is 50.2. The second-order valence-corrected chi connectivity index (χ2v) is 8.47. The van der Waals surface area contributed by atoms with Crippen molar-refractivity contribution in [1.82, 2.24) is 9.21 Å². The highest BCUT2D eigenvalue weighted by molar-refractivity contribution is 7.89. The molecule has 0 saturated carbocycles. The minimum absolute atomic E-state index is 0.0611. The molecular formula is C17H21FN2O6S. The molecule has 1 unspecified atom stereocenters. The number of hydrogen-bond donors (Lipinski definition) is 0. The normalized spacial score (nSPS) is 22.0. The number of carbonyl (C=O) groups excluding carboxylic acids is 2. The standard InChI is InChI=1S/C17H21FN2O6S/c1-11-3-4-12(18)9-15(11)27(23,24)19-7-5-13(6-8-19)20-14(16(21)25-2)10-26-17(20)22/h3-4,9,13-14H,5-8,10H2,1-2H3. The molecule has 0 aromatic heterocycles. The van der Waals surface area contributed by atoms with Gasteiger partial charge in [-0.3, -0.25) is 4.90 Å². The number of cyclic esters (lactones) is 1. The number of benzene rings is 1. The first-order valence-electron chi connectivity index (χ1n) is 8.55. The van der Waals surface area contributed by atoms with E-state index in [1.165, 1.54) is 28.4 Å². The van der Waals surface area contributed by atoms with Gasteiger partial charge in [0.05, 0.1) is 12.0 Å². The summed E-state index contributed by atoms with van der Waals surface area (Å²) in [5, 5.41) is 0. The lowest BCUT2D eigenvalue weighted by Gasteiger charge is -2.36. The van der Waals surface area contributed by atoms with E-state index in [0.717, 1.165) is 6.07 Å². The van der Waals surface area contributed by atoms with Gasteiger partial charge >= 0.3 is 12.1 Å². The van der Waals surface area contributed by atoms with Crippen LogP contribution in [0.2, 0.25) is 0 Å².